The highest BCUT2D eigenvalue weighted by Gasteiger charge is 2.29. The molecule has 1 aliphatic rings. The Balaban J connectivity index is 1.68. The first-order valence-electron chi connectivity index (χ1n) is 8.01. The molecule has 2 aromatic rings. The number of halogens is 1. The van der Waals surface area contributed by atoms with E-state index in [1.165, 1.54) is 30.3 Å². The third-order valence-electron chi connectivity index (χ3n) is 3.89. The summed E-state index contributed by atoms with van der Waals surface area (Å²) in [4.78, 5) is 47.4. The van der Waals surface area contributed by atoms with Gasteiger partial charge < -0.3 is 9.47 Å². The molecular formula is C18H13FN2O7. The molecule has 1 amide bonds. The van der Waals surface area contributed by atoms with Crippen LogP contribution in [0.5, 0.6) is 5.75 Å². The number of Topliss-reactive ketones (excluding diaryl/α,β-unsaturated/α-hetero) is 1. The summed E-state index contributed by atoms with van der Waals surface area (Å²) < 4.78 is 23.2. The van der Waals surface area contributed by atoms with Crippen molar-refractivity contribution in [2.24, 2.45) is 0 Å². The molecule has 0 saturated heterocycles. The molecule has 0 unspecified atom stereocenters. The van der Waals surface area contributed by atoms with E-state index in [1.54, 1.807) is 0 Å². The summed E-state index contributed by atoms with van der Waals surface area (Å²) in [6.07, 6.45) is 0. The summed E-state index contributed by atoms with van der Waals surface area (Å²) in [5.74, 6) is -2.51. The van der Waals surface area contributed by atoms with E-state index < -0.39 is 41.6 Å². The first kappa shape index (κ1) is 19.0. The number of rotatable bonds is 6. The number of hydrogen-bond acceptors (Lipinski definition) is 7. The monoisotopic (exact) mass is 388 g/mol. The number of amides is 1. The molecule has 0 aromatic heterocycles. The lowest BCUT2D eigenvalue weighted by atomic mass is 10.1. The molecule has 10 heteroatoms. The number of nitro groups is 1. The van der Waals surface area contributed by atoms with Gasteiger partial charge >= 0.3 is 5.97 Å². The molecule has 0 bridgehead atoms. The second-order valence-corrected chi connectivity index (χ2v) is 5.77. The van der Waals surface area contributed by atoms with Crippen LogP contribution in [-0.2, 0) is 14.3 Å². The van der Waals surface area contributed by atoms with Gasteiger partial charge in [0.05, 0.1) is 10.6 Å². The minimum Gasteiger partial charge on any atom is -0.482 e. The van der Waals surface area contributed by atoms with Gasteiger partial charge in [0.15, 0.2) is 19.0 Å². The maximum Gasteiger partial charge on any atom is 0.326 e. The number of carbonyl (C=O) groups is 3. The Labute approximate surface area is 157 Å². The quantitative estimate of drug-likeness (QED) is 0.321. The highest BCUT2D eigenvalue weighted by atomic mass is 19.1. The molecular weight excluding hydrogens is 375 g/mol. The molecule has 0 saturated carbocycles. The number of ether oxygens (including phenoxy) is 2. The minimum atomic E-state index is -0.905. The number of non-ortho nitro benzene ring substituents is 1. The molecule has 0 radical (unpaired) electrons. The fourth-order valence-electron chi connectivity index (χ4n) is 2.54. The maximum absolute atomic E-state index is 13.1. The standard InChI is InChI=1S/C18H13FN2O7/c19-12-3-1-2-11(6-12)15(22)9-28-18(24)8-20-14-7-13(21(25)26)4-5-16(14)27-10-17(20)23/h1-7H,8-10H2. The number of benzene rings is 2. The van der Waals surface area contributed by atoms with Crippen molar-refractivity contribution in [2.45, 2.75) is 0 Å². The molecule has 1 heterocycles. The zero-order valence-electron chi connectivity index (χ0n) is 14.3. The van der Waals surface area contributed by atoms with Gasteiger partial charge in [0.25, 0.3) is 11.6 Å². The Bertz CT molecular complexity index is 976. The third-order valence-corrected chi connectivity index (χ3v) is 3.89. The molecule has 9 nitrogen and oxygen atoms in total. The summed E-state index contributed by atoms with van der Waals surface area (Å²) in [6, 6.07) is 8.55. The largest absolute Gasteiger partial charge is 0.482 e. The van der Waals surface area contributed by atoms with Gasteiger partial charge in [-0.25, -0.2) is 4.39 Å². The molecule has 0 atom stereocenters. The normalized spacial score (nSPS) is 12.8. The molecule has 144 valence electrons. The van der Waals surface area contributed by atoms with E-state index >= 15 is 0 Å². The van der Waals surface area contributed by atoms with Gasteiger partial charge in [-0.3, -0.25) is 29.4 Å². The predicted molar refractivity (Wildman–Crippen MR) is 92.6 cm³/mol. The summed E-state index contributed by atoms with van der Waals surface area (Å²) in [5, 5.41) is 10.9. The molecule has 1 aliphatic heterocycles. The lowest BCUT2D eigenvalue weighted by Gasteiger charge is -2.28. The van der Waals surface area contributed by atoms with Crippen LogP contribution in [0.4, 0.5) is 15.8 Å². The molecule has 3 rings (SSSR count). The number of nitro benzene ring substituents is 1. The predicted octanol–water partition coefficient (Wildman–Crippen LogP) is 1.89. The molecule has 0 fully saturated rings. The van der Waals surface area contributed by atoms with Crippen molar-refractivity contribution in [3.05, 3.63) is 64.0 Å². The van der Waals surface area contributed by atoms with Crippen molar-refractivity contribution in [2.75, 3.05) is 24.7 Å². The SMILES string of the molecule is O=C(CN1C(=O)COc2ccc([N+](=O)[O-])cc21)OCC(=O)c1cccc(F)c1. The van der Waals surface area contributed by atoms with Crippen LogP contribution < -0.4 is 9.64 Å². The fourth-order valence-corrected chi connectivity index (χ4v) is 2.54. The summed E-state index contributed by atoms with van der Waals surface area (Å²) in [6.45, 7) is -1.55. The van der Waals surface area contributed by atoms with Crippen molar-refractivity contribution in [3.8, 4) is 5.75 Å². The van der Waals surface area contributed by atoms with Gasteiger partial charge in [0, 0.05) is 17.7 Å². The van der Waals surface area contributed by atoms with E-state index in [0.717, 1.165) is 17.0 Å². The third kappa shape index (κ3) is 4.11. The second-order valence-electron chi connectivity index (χ2n) is 5.77. The first-order valence-corrected chi connectivity index (χ1v) is 8.01. The zero-order chi connectivity index (χ0) is 20.3. The fraction of sp³-hybridized carbons (Fsp3) is 0.167. The highest BCUT2D eigenvalue weighted by Crippen LogP contribution is 2.35. The average molecular weight is 388 g/mol. The highest BCUT2D eigenvalue weighted by molar-refractivity contribution is 6.02. The Kier molecular flexibility index (Phi) is 5.30. The smallest absolute Gasteiger partial charge is 0.326 e. The lowest BCUT2D eigenvalue weighted by molar-refractivity contribution is -0.384. The van der Waals surface area contributed by atoms with Gasteiger partial charge in [0.2, 0.25) is 0 Å². The minimum absolute atomic E-state index is 0.0382. The Hall–Kier alpha value is -3.82. The van der Waals surface area contributed by atoms with Crippen LogP contribution in [0.25, 0.3) is 0 Å². The number of carbonyl (C=O) groups excluding carboxylic acids is 3. The summed E-state index contributed by atoms with van der Waals surface area (Å²) >= 11 is 0. The Morgan fingerprint density at radius 2 is 2.04 bits per heavy atom. The van der Waals surface area contributed by atoms with Crippen LogP contribution in [0.1, 0.15) is 10.4 Å². The van der Waals surface area contributed by atoms with Gasteiger partial charge in [-0.2, -0.15) is 0 Å². The molecule has 0 aliphatic carbocycles. The van der Waals surface area contributed by atoms with Gasteiger partial charge in [0.1, 0.15) is 18.1 Å². The topological polar surface area (TPSA) is 116 Å². The van der Waals surface area contributed by atoms with Crippen molar-refractivity contribution in [3.63, 3.8) is 0 Å². The van der Waals surface area contributed by atoms with Crippen LogP contribution in [0, 0.1) is 15.9 Å². The van der Waals surface area contributed by atoms with E-state index in [4.69, 9.17) is 9.47 Å². The average Bonchev–Trinajstić information content (AvgIpc) is 2.67. The molecule has 0 N–H and O–H groups in total. The molecule has 2 aromatic carbocycles. The van der Waals surface area contributed by atoms with Crippen LogP contribution in [0.2, 0.25) is 0 Å². The van der Waals surface area contributed by atoms with Crippen molar-refractivity contribution in [1.82, 2.24) is 0 Å². The van der Waals surface area contributed by atoms with Gasteiger partial charge in [-0.1, -0.05) is 12.1 Å². The number of ketones is 1. The van der Waals surface area contributed by atoms with Crippen molar-refractivity contribution in [1.29, 1.82) is 0 Å². The first-order chi connectivity index (χ1) is 13.3. The van der Waals surface area contributed by atoms with E-state index in [-0.39, 0.29) is 29.3 Å². The molecule has 28 heavy (non-hydrogen) atoms. The van der Waals surface area contributed by atoms with E-state index in [2.05, 4.69) is 0 Å². The van der Waals surface area contributed by atoms with E-state index in [0.29, 0.717) is 0 Å². The molecule has 0 spiro atoms. The number of esters is 1. The van der Waals surface area contributed by atoms with Crippen LogP contribution in [0.3, 0.4) is 0 Å². The maximum atomic E-state index is 13.1. The van der Waals surface area contributed by atoms with Crippen LogP contribution in [-0.4, -0.2) is 42.3 Å². The van der Waals surface area contributed by atoms with Crippen LogP contribution >= 0.6 is 0 Å². The van der Waals surface area contributed by atoms with Crippen molar-refractivity contribution >= 4 is 29.0 Å². The van der Waals surface area contributed by atoms with E-state index in [9.17, 15) is 28.9 Å². The number of nitrogens with zero attached hydrogens (tertiary/aromatic N) is 2. The van der Waals surface area contributed by atoms with Crippen LogP contribution in [0.15, 0.2) is 42.5 Å². The zero-order valence-corrected chi connectivity index (χ0v) is 14.3. The number of fused-ring (bicyclic) bond motifs is 1. The summed E-state index contributed by atoms with van der Waals surface area (Å²) in [5.41, 5.74) is -0.188. The second kappa shape index (κ2) is 7.82. The number of hydrogen-bond donors (Lipinski definition) is 0. The van der Waals surface area contributed by atoms with E-state index in [1.807, 2.05) is 0 Å². The lowest BCUT2D eigenvalue weighted by Crippen LogP contribution is -2.42. The summed E-state index contributed by atoms with van der Waals surface area (Å²) in [7, 11) is 0. The van der Waals surface area contributed by atoms with Crippen molar-refractivity contribution < 1.29 is 33.2 Å². The Morgan fingerprint density at radius 1 is 1.25 bits per heavy atom. The van der Waals surface area contributed by atoms with Gasteiger partial charge in [-0.15, -0.1) is 0 Å². The number of anilines is 1. The Morgan fingerprint density at radius 3 is 2.75 bits per heavy atom. The van der Waals surface area contributed by atoms with Gasteiger partial charge in [-0.05, 0) is 18.2 Å².